The summed E-state index contributed by atoms with van der Waals surface area (Å²) in [6.45, 7) is 0.456. The maximum Gasteiger partial charge on any atom is 0.283 e. The van der Waals surface area contributed by atoms with Gasteiger partial charge in [-0.15, -0.1) is 0 Å². The fourth-order valence-corrected chi connectivity index (χ4v) is 3.73. The SMILES string of the molecule is O=C(CSC1=N/C(=C\c2ccco2)C(=O)N1c1ccccc1)NCc1ccccc1. The molecule has 0 spiro atoms. The lowest BCUT2D eigenvalue weighted by molar-refractivity contribution is -0.118. The first kappa shape index (κ1) is 19.7. The van der Waals surface area contributed by atoms with E-state index in [1.54, 1.807) is 18.2 Å². The normalized spacial score (nSPS) is 14.8. The molecule has 7 heteroatoms. The lowest BCUT2D eigenvalue weighted by Gasteiger charge is -2.17. The second-order valence-electron chi connectivity index (χ2n) is 6.47. The van der Waals surface area contributed by atoms with Gasteiger partial charge in [0.1, 0.15) is 11.5 Å². The van der Waals surface area contributed by atoms with Crippen LogP contribution in [0, 0.1) is 0 Å². The number of carbonyl (C=O) groups excluding carboxylic acids is 2. The Kier molecular flexibility index (Phi) is 6.10. The molecule has 2 heterocycles. The molecule has 6 nitrogen and oxygen atoms in total. The molecular weight excluding hydrogens is 398 g/mol. The molecule has 3 aromatic rings. The maximum absolute atomic E-state index is 13.0. The molecular formula is C23H19N3O3S. The predicted molar refractivity (Wildman–Crippen MR) is 119 cm³/mol. The van der Waals surface area contributed by atoms with E-state index in [-0.39, 0.29) is 23.3 Å². The second-order valence-corrected chi connectivity index (χ2v) is 7.41. The van der Waals surface area contributed by atoms with Crippen LogP contribution in [-0.4, -0.2) is 22.7 Å². The maximum atomic E-state index is 13.0. The van der Waals surface area contributed by atoms with E-state index in [2.05, 4.69) is 10.3 Å². The van der Waals surface area contributed by atoms with Crippen LogP contribution in [-0.2, 0) is 16.1 Å². The smallest absolute Gasteiger partial charge is 0.283 e. The van der Waals surface area contributed by atoms with E-state index >= 15 is 0 Å². The zero-order chi connectivity index (χ0) is 20.8. The van der Waals surface area contributed by atoms with E-state index in [1.807, 2.05) is 60.7 Å². The van der Waals surface area contributed by atoms with Gasteiger partial charge in [0.2, 0.25) is 5.91 Å². The standard InChI is InChI=1S/C23H19N3O3S/c27-21(24-15-17-8-3-1-4-9-17)16-30-23-25-20(14-19-12-7-13-29-19)22(28)26(23)18-10-5-2-6-11-18/h1-14H,15-16H2,(H,24,27)/b20-14-. The molecule has 4 rings (SSSR count). The van der Waals surface area contributed by atoms with Crippen LogP contribution >= 0.6 is 11.8 Å². The number of aliphatic imine (C=N–C) groups is 1. The van der Waals surface area contributed by atoms with Crippen LogP contribution in [0.15, 0.2) is 94.2 Å². The number of anilines is 1. The molecule has 0 bridgehead atoms. The molecule has 0 atom stereocenters. The highest BCUT2D eigenvalue weighted by Gasteiger charge is 2.32. The Bertz CT molecular complexity index is 1080. The van der Waals surface area contributed by atoms with Crippen LogP contribution in [0.3, 0.4) is 0 Å². The van der Waals surface area contributed by atoms with Gasteiger partial charge in [0, 0.05) is 12.6 Å². The lowest BCUT2D eigenvalue weighted by atomic mass is 10.2. The Labute approximate surface area is 178 Å². The summed E-state index contributed by atoms with van der Waals surface area (Å²) >= 11 is 1.22. The van der Waals surface area contributed by atoms with Gasteiger partial charge in [-0.3, -0.25) is 14.5 Å². The largest absolute Gasteiger partial charge is 0.465 e. The van der Waals surface area contributed by atoms with Crippen molar-refractivity contribution in [3.8, 4) is 0 Å². The first-order chi connectivity index (χ1) is 14.7. The number of rotatable bonds is 6. The third kappa shape index (κ3) is 4.69. The molecule has 0 saturated heterocycles. The summed E-state index contributed by atoms with van der Waals surface area (Å²) < 4.78 is 5.30. The predicted octanol–water partition coefficient (Wildman–Crippen LogP) is 4.07. The molecule has 1 aromatic heterocycles. The highest BCUT2D eigenvalue weighted by Crippen LogP contribution is 2.29. The third-order valence-electron chi connectivity index (χ3n) is 4.33. The molecule has 0 saturated carbocycles. The molecule has 0 radical (unpaired) electrons. The molecule has 0 aliphatic carbocycles. The fraction of sp³-hybridized carbons (Fsp3) is 0.0870. The Morgan fingerprint density at radius 2 is 1.77 bits per heavy atom. The van der Waals surface area contributed by atoms with Crippen LogP contribution in [0.1, 0.15) is 11.3 Å². The summed E-state index contributed by atoms with van der Waals surface area (Å²) in [5.74, 6) is 0.304. The van der Waals surface area contributed by atoms with Crippen molar-refractivity contribution in [2.45, 2.75) is 6.54 Å². The lowest BCUT2D eigenvalue weighted by Crippen LogP contribution is -2.32. The average molecular weight is 417 g/mol. The monoisotopic (exact) mass is 417 g/mol. The van der Waals surface area contributed by atoms with Gasteiger partial charge in [-0.05, 0) is 29.8 Å². The topological polar surface area (TPSA) is 74.9 Å². The van der Waals surface area contributed by atoms with Crippen LogP contribution in [0.25, 0.3) is 6.08 Å². The molecule has 2 aromatic carbocycles. The molecule has 150 valence electrons. The van der Waals surface area contributed by atoms with Crippen molar-refractivity contribution >= 4 is 40.5 Å². The Morgan fingerprint density at radius 1 is 1.03 bits per heavy atom. The number of hydrogen-bond donors (Lipinski definition) is 1. The van der Waals surface area contributed by atoms with Crippen molar-refractivity contribution in [2.24, 2.45) is 4.99 Å². The minimum Gasteiger partial charge on any atom is -0.465 e. The number of hydrogen-bond acceptors (Lipinski definition) is 5. The number of nitrogens with zero attached hydrogens (tertiary/aromatic N) is 2. The van der Waals surface area contributed by atoms with Crippen LogP contribution < -0.4 is 10.2 Å². The summed E-state index contributed by atoms with van der Waals surface area (Å²) in [4.78, 5) is 31.3. The van der Waals surface area contributed by atoms with Crippen LogP contribution in [0.2, 0.25) is 0 Å². The quantitative estimate of drug-likeness (QED) is 0.614. The fourth-order valence-electron chi connectivity index (χ4n) is 2.88. The summed E-state index contributed by atoms with van der Waals surface area (Å²) in [6.07, 6.45) is 3.14. The number of nitrogens with one attached hydrogen (secondary N) is 1. The zero-order valence-electron chi connectivity index (χ0n) is 16.0. The van der Waals surface area contributed by atoms with Crippen molar-refractivity contribution in [3.63, 3.8) is 0 Å². The van der Waals surface area contributed by atoms with Crippen molar-refractivity contribution in [1.82, 2.24) is 5.32 Å². The molecule has 1 aliphatic heterocycles. The highest BCUT2D eigenvalue weighted by molar-refractivity contribution is 8.14. The molecule has 0 unspecified atom stereocenters. The number of furan rings is 1. The van der Waals surface area contributed by atoms with Gasteiger partial charge in [0.05, 0.1) is 17.7 Å². The van der Waals surface area contributed by atoms with Crippen molar-refractivity contribution in [3.05, 3.63) is 96.1 Å². The highest BCUT2D eigenvalue weighted by atomic mass is 32.2. The minimum atomic E-state index is -0.259. The number of para-hydroxylation sites is 1. The van der Waals surface area contributed by atoms with Crippen molar-refractivity contribution < 1.29 is 14.0 Å². The molecule has 1 aliphatic rings. The second kappa shape index (κ2) is 9.28. The molecule has 2 amide bonds. The zero-order valence-corrected chi connectivity index (χ0v) is 16.8. The average Bonchev–Trinajstić information content (AvgIpc) is 3.40. The van der Waals surface area contributed by atoms with Gasteiger partial charge in [0.15, 0.2) is 5.17 Å². The Hall–Kier alpha value is -3.58. The first-order valence-corrected chi connectivity index (χ1v) is 10.4. The Balaban J connectivity index is 1.48. The third-order valence-corrected chi connectivity index (χ3v) is 5.27. The number of amidine groups is 1. The van der Waals surface area contributed by atoms with Crippen molar-refractivity contribution in [2.75, 3.05) is 10.7 Å². The van der Waals surface area contributed by atoms with E-state index in [9.17, 15) is 9.59 Å². The number of carbonyl (C=O) groups is 2. The van der Waals surface area contributed by atoms with Gasteiger partial charge in [0.25, 0.3) is 5.91 Å². The summed E-state index contributed by atoms with van der Waals surface area (Å²) in [5.41, 5.74) is 1.99. The van der Waals surface area contributed by atoms with E-state index < -0.39 is 0 Å². The molecule has 30 heavy (non-hydrogen) atoms. The van der Waals surface area contributed by atoms with E-state index in [0.29, 0.717) is 23.2 Å². The minimum absolute atomic E-state index is 0.129. The van der Waals surface area contributed by atoms with E-state index in [0.717, 1.165) is 5.56 Å². The van der Waals surface area contributed by atoms with E-state index in [1.165, 1.54) is 22.9 Å². The Morgan fingerprint density at radius 3 is 2.47 bits per heavy atom. The van der Waals surface area contributed by atoms with Crippen molar-refractivity contribution in [1.29, 1.82) is 0 Å². The number of benzene rings is 2. The number of amides is 2. The summed E-state index contributed by atoms with van der Waals surface area (Å²) in [5, 5.41) is 3.35. The first-order valence-electron chi connectivity index (χ1n) is 9.37. The van der Waals surface area contributed by atoms with E-state index in [4.69, 9.17) is 4.42 Å². The van der Waals surface area contributed by atoms with Crippen LogP contribution in [0.4, 0.5) is 5.69 Å². The van der Waals surface area contributed by atoms with Gasteiger partial charge in [-0.25, -0.2) is 4.99 Å². The summed E-state index contributed by atoms with van der Waals surface area (Å²) in [7, 11) is 0. The molecule has 0 fully saturated rings. The van der Waals surface area contributed by atoms with Crippen LogP contribution in [0.5, 0.6) is 0 Å². The van der Waals surface area contributed by atoms with Gasteiger partial charge >= 0.3 is 0 Å². The van der Waals surface area contributed by atoms with Gasteiger partial charge < -0.3 is 9.73 Å². The molecule has 1 N–H and O–H groups in total. The summed E-state index contributed by atoms with van der Waals surface area (Å²) in [6, 6.07) is 22.5. The number of thioether (sulfide) groups is 1. The van der Waals surface area contributed by atoms with Gasteiger partial charge in [-0.1, -0.05) is 60.3 Å². The van der Waals surface area contributed by atoms with Gasteiger partial charge in [-0.2, -0.15) is 0 Å².